The lowest BCUT2D eigenvalue weighted by Gasteiger charge is -2.07. The number of carbonyl (C=O) groups excluding carboxylic acids is 1. The number of rotatable bonds is 8. The van der Waals surface area contributed by atoms with E-state index in [9.17, 15) is 28.6 Å². The molecule has 0 bridgehead atoms. The molecule has 3 aromatic rings. The van der Waals surface area contributed by atoms with E-state index in [1.165, 1.54) is 37.5 Å². The van der Waals surface area contributed by atoms with Crippen molar-refractivity contribution in [2.75, 3.05) is 12.4 Å². The summed E-state index contributed by atoms with van der Waals surface area (Å²) < 4.78 is 34.9. The average Bonchev–Trinajstić information content (AvgIpc) is 2.83. The second-order valence-electron chi connectivity index (χ2n) is 6.71. The number of ether oxygens (including phenoxy) is 1. The Kier molecular flexibility index (Phi) is 7.25. The Morgan fingerprint density at radius 2 is 1.59 bits per heavy atom. The number of methoxy groups -OCH3 is 1. The second kappa shape index (κ2) is 10.3. The second-order valence-corrected chi connectivity index (χ2v) is 8.26. The number of hydrogen-bond acceptors (Lipinski definition) is 8. The Bertz CT molecular complexity index is 1370. The highest BCUT2D eigenvalue weighted by molar-refractivity contribution is 7.87. The summed E-state index contributed by atoms with van der Waals surface area (Å²) in [7, 11) is -2.69. The fourth-order valence-electron chi connectivity index (χ4n) is 2.72. The first kappa shape index (κ1) is 24.0. The molecule has 34 heavy (non-hydrogen) atoms. The van der Waals surface area contributed by atoms with Gasteiger partial charge in [-0.25, -0.2) is 0 Å². The van der Waals surface area contributed by atoms with Crippen molar-refractivity contribution in [3.63, 3.8) is 0 Å². The van der Waals surface area contributed by atoms with Crippen molar-refractivity contribution in [3.8, 4) is 17.6 Å². The third kappa shape index (κ3) is 5.96. The first-order valence-electron chi connectivity index (χ1n) is 9.58. The van der Waals surface area contributed by atoms with Crippen LogP contribution in [0, 0.1) is 21.4 Å². The minimum absolute atomic E-state index is 0.0169. The van der Waals surface area contributed by atoms with Crippen LogP contribution in [0.25, 0.3) is 6.08 Å². The predicted octanol–water partition coefficient (Wildman–Crippen LogP) is 3.92. The summed E-state index contributed by atoms with van der Waals surface area (Å²) in [5.41, 5.74) is 0.524. The van der Waals surface area contributed by atoms with Crippen LogP contribution in [-0.4, -0.2) is 26.4 Å². The number of nitro groups is 1. The maximum Gasteiger partial charge on any atom is 0.339 e. The van der Waals surface area contributed by atoms with Gasteiger partial charge in [-0.1, -0.05) is 12.1 Å². The molecule has 0 aliphatic carbocycles. The highest BCUT2D eigenvalue weighted by Crippen LogP contribution is 2.22. The SMILES string of the molecule is COc1ccc(NC(=O)/C(C#N)=C/c2ccc(OS(=O)(=O)c3ccc([N+](=O)[O-])cc3)cc2)cc1. The third-order valence-corrected chi connectivity index (χ3v) is 5.71. The molecule has 0 fully saturated rings. The first-order valence-corrected chi connectivity index (χ1v) is 11.0. The van der Waals surface area contributed by atoms with Gasteiger partial charge in [-0.2, -0.15) is 13.7 Å². The highest BCUT2D eigenvalue weighted by Gasteiger charge is 2.18. The van der Waals surface area contributed by atoms with E-state index in [-0.39, 0.29) is 21.9 Å². The molecule has 0 heterocycles. The van der Waals surface area contributed by atoms with Gasteiger partial charge in [-0.15, -0.1) is 0 Å². The number of benzene rings is 3. The molecule has 1 N–H and O–H groups in total. The van der Waals surface area contributed by atoms with Crippen LogP contribution in [0.2, 0.25) is 0 Å². The number of hydrogen-bond donors (Lipinski definition) is 1. The third-order valence-electron chi connectivity index (χ3n) is 4.45. The molecular formula is C23H17N3O7S. The molecule has 0 spiro atoms. The van der Waals surface area contributed by atoms with Crippen LogP contribution in [0.4, 0.5) is 11.4 Å². The maximum absolute atomic E-state index is 12.4. The van der Waals surface area contributed by atoms with E-state index in [2.05, 4.69) is 5.32 Å². The van der Waals surface area contributed by atoms with Gasteiger partial charge in [0.15, 0.2) is 0 Å². The number of amides is 1. The molecule has 0 atom stereocenters. The highest BCUT2D eigenvalue weighted by atomic mass is 32.2. The number of nitriles is 1. The molecule has 1 amide bonds. The van der Waals surface area contributed by atoms with Crippen LogP contribution in [0.1, 0.15) is 5.56 Å². The van der Waals surface area contributed by atoms with Gasteiger partial charge in [0.1, 0.15) is 28.0 Å². The van der Waals surface area contributed by atoms with Gasteiger partial charge >= 0.3 is 10.1 Å². The number of nitrogens with one attached hydrogen (secondary N) is 1. The van der Waals surface area contributed by atoms with Gasteiger partial charge in [0, 0.05) is 17.8 Å². The molecule has 0 aromatic heterocycles. The average molecular weight is 479 g/mol. The molecule has 3 rings (SSSR count). The molecule has 0 aliphatic rings. The van der Waals surface area contributed by atoms with Gasteiger partial charge in [0.25, 0.3) is 11.6 Å². The smallest absolute Gasteiger partial charge is 0.339 e. The van der Waals surface area contributed by atoms with Crippen LogP contribution >= 0.6 is 0 Å². The van der Waals surface area contributed by atoms with Crippen LogP contribution in [0.5, 0.6) is 11.5 Å². The Balaban J connectivity index is 1.71. The molecule has 0 saturated carbocycles. The van der Waals surface area contributed by atoms with E-state index in [0.29, 0.717) is 17.0 Å². The Hall–Kier alpha value is -4.69. The number of nitro benzene ring substituents is 1. The molecule has 0 unspecified atom stereocenters. The Morgan fingerprint density at radius 1 is 1.00 bits per heavy atom. The van der Waals surface area contributed by atoms with Crippen molar-refractivity contribution in [2.45, 2.75) is 4.90 Å². The summed E-state index contributed by atoms with van der Waals surface area (Å²) in [5, 5.41) is 22.7. The van der Waals surface area contributed by atoms with E-state index >= 15 is 0 Å². The van der Waals surface area contributed by atoms with Crippen molar-refractivity contribution in [1.82, 2.24) is 0 Å². The minimum Gasteiger partial charge on any atom is -0.497 e. The quantitative estimate of drug-likeness (QED) is 0.168. The summed E-state index contributed by atoms with van der Waals surface area (Å²) in [5.74, 6) is -0.0163. The zero-order valence-electron chi connectivity index (χ0n) is 17.7. The normalized spacial score (nSPS) is 11.2. The van der Waals surface area contributed by atoms with Crippen LogP contribution in [0.3, 0.4) is 0 Å². The lowest BCUT2D eigenvalue weighted by molar-refractivity contribution is -0.384. The number of nitrogens with zero attached hydrogens (tertiary/aromatic N) is 2. The Labute approximate surface area is 194 Å². The van der Waals surface area contributed by atoms with E-state index in [1.54, 1.807) is 24.3 Å². The summed E-state index contributed by atoms with van der Waals surface area (Å²) in [6, 6.07) is 18.3. The first-order chi connectivity index (χ1) is 16.2. The zero-order chi connectivity index (χ0) is 24.7. The van der Waals surface area contributed by atoms with Gasteiger partial charge in [-0.3, -0.25) is 14.9 Å². The molecule has 11 heteroatoms. The largest absolute Gasteiger partial charge is 0.497 e. The maximum atomic E-state index is 12.4. The van der Waals surface area contributed by atoms with E-state index in [0.717, 1.165) is 24.3 Å². The van der Waals surface area contributed by atoms with Gasteiger partial charge in [-0.05, 0) is 60.2 Å². The fraction of sp³-hybridized carbons (Fsp3) is 0.0435. The predicted molar refractivity (Wildman–Crippen MR) is 123 cm³/mol. The summed E-state index contributed by atoms with van der Waals surface area (Å²) in [6.45, 7) is 0. The number of non-ortho nitro benzene ring substituents is 1. The lowest BCUT2D eigenvalue weighted by Crippen LogP contribution is -2.13. The van der Waals surface area contributed by atoms with Crippen molar-refractivity contribution < 1.29 is 27.1 Å². The zero-order valence-corrected chi connectivity index (χ0v) is 18.5. The molecule has 172 valence electrons. The van der Waals surface area contributed by atoms with Crippen molar-refractivity contribution in [3.05, 3.63) is 94.0 Å². The molecule has 0 aliphatic heterocycles. The lowest BCUT2D eigenvalue weighted by atomic mass is 10.1. The van der Waals surface area contributed by atoms with Crippen molar-refractivity contribution >= 4 is 33.5 Å². The standard InChI is InChI=1S/C23H17N3O7S/c1-32-20-10-4-18(5-11-20)25-23(27)17(15-24)14-16-2-8-21(9-3-16)33-34(30,31)22-12-6-19(7-13-22)26(28)29/h2-14H,1H3,(H,25,27)/b17-14+. The number of anilines is 1. The summed E-state index contributed by atoms with van der Waals surface area (Å²) >= 11 is 0. The minimum atomic E-state index is -4.21. The van der Waals surface area contributed by atoms with Crippen molar-refractivity contribution in [2.24, 2.45) is 0 Å². The summed E-state index contributed by atoms with van der Waals surface area (Å²) in [6.07, 6.45) is 1.34. The van der Waals surface area contributed by atoms with Gasteiger partial charge < -0.3 is 14.2 Å². The van der Waals surface area contributed by atoms with E-state index in [1.807, 2.05) is 6.07 Å². The van der Waals surface area contributed by atoms with Crippen LogP contribution in [0.15, 0.2) is 83.3 Å². The van der Waals surface area contributed by atoms with Crippen LogP contribution < -0.4 is 14.2 Å². The Morgan fingerprint density at radius 3 is 2.12 bits per heavy atom. The van der Waals surface area contributed by atoms with E-state index < -0.39 is 20.9 Å². The molecule has 0 saturated heterocycles. The van der Waals surface area contributed by atoms with Gasteiger partial charge in [0.05, 0.1) is 12.0 Å². The molecule has 10 nitrogen and oxygen atoms in total. The summed E-state index contributed by atoms with van der Waals surface area (Å²) in [4.78, 5) is 22.2. The monoisotopic (exact) mass is 479 g/mol. The molecule has 3 aromatic carbocycles. The molecular weight excluding hydrogens is 462 g/mol. The van der Waals surface area contributed by atoms with E-state index in [4.69, 9.17) is 8.92 Å². The van der Waals surface area contributed by atoms with Crippen LogP contribution in [-0.2, 0) is 14.9 Å². The van der Waals surface area contributed by atoms with Crippen molar-refractivity contribution in [1.29, 1.82) is 5.26 Å². The molecule has 0 radical (unpaired) electrons. The topological polar surface area (TPSA) is 149 Å². The number of carbonyl (C=O) groups is 1. The fourth-order valence-corrected chi connectivity index (χ4v) is 3.65. The van der Waals surface area contributed by atoms with Gasteiger partial charge in [0.2, 0.25) is 0 Å².